The van der Waals surface area contributed by atoms with Gasteiger partial charge in [-0.1, -0.05) is 42.5 Å². The minimum absolute atomic E-state index is 0.184. The first kappa shape index (κ1) is 21.2. The summed E-state index contributed by atoms with van der Waals surface area (Å²) in [5, 5.41) is 0.691. The van der Waals surface area contributed by atoms with Gasteiger partial charge in [-0.2, -0.15) is 0 Å². The Kier molecular flexibility index (Phi) is 6.11. The third kappa shape index (κ3) is 4.37. The molecule has 0 amide bonds. The summed E-state index contributed by atoms with van der Waals surface area (Å²) in [7, 11) is -7.58. The van der Waals surface area contributed by atoms with Gasteiger partial charge in [0.2, 0.25) is 10.0 Å². The summed E-state index contributed by atoms with van der Waals surface area (Å²) in [6.45, 7) is -0.232. The molecule has 1 aliphatic rings. The highest BCUT2D eigenvalue weighted by Gasteiger charge is 2.31. The van der Waals surface area contributed by atoms with Crippen molar-refractivity contribution in [2.45, 2.75) is 40.0 Å². The van der Waals surface area contributed by atoms with Crippen LogP contribution in [0.25, 0.3) is 0 Å². The zero-order chi connectivity index (χ0) is 21.2. The maximum absolute atomic E-state index is 13.2. The number of fused-ring (bicyclic) bond motifs is 1. The van der Waals surface area contributed by atoms with Gasteiger partial charge in [-0.25, -0.2) is 21.6 Å². The monoisotopic (exact) mass is 461 g/mol. The second-order valence-corrected chi connectivity index (χ2v) is 12.4. The predicted molar refractivity (Wildman–Crippen MR) is 119 cm³/mol. The van der Waals surface area contributed by atoms with Gasteiger partial charge < -0.3 is 0 Å². The van der Waals surface area contributed by atoms with Crippen molar-refractivity contribution in [2.75, 3.05) is 6.54 Å². The summed E-state index contributed by atoms with van der Waals surface area (Å²) in [6, 6.07) is 17.2. The van der Waals surface area contributed by atoms with Gasteiger partial charge in [0.25, 0.3) is 0 Å². The second kappa shape index (κ2) is 8.63. The van der Waals surface area contributed by atoms with Crippen LogP contribution in [0, 0.1) is 0 Å². The van der Waals surface area contributed by atoms with Crippen molar-refractivity contribution in [2.24, 2.45) is 0 Å². The van der Waals surface area contributed by atoms with Gasteiger partial charge in [-0.3, -0.25) is 0 Å². The Bertz CT molecular complexity index is 1220. The molecule has 8 heteroatoms. The summed E-state index contributed by atoms with van der Waals surface area (Å²) >= 11 is 1.13. The molecular weight excluding hydrogens is 438 g/mol. The summed E-state index contributed by atoms with van der Waals surface area (Å²) in [6.07, 6.45) is 4.02. The van der Waals surface area contributed by atoms with Crippen LogP contribution in [0.2, 0.25) is 0 Å². The van der Waals surface area contributed by atoms with Crippen LogP contribution in [0.3, 0.4) is 0 Å². The van der Waals surface area contributed by atoms with Crippen LogP contribution in [0.15, 0.2) is 75.1 Å². The van der Waals surface area contributed by atoms with Crippen LogP contribution in [0.4, 0.5) is 0 Å². The second-order valence-electron chi connectivity index (χ2n) is 7.37. The molecule has 1 atom stereocenters. The van der Waals surface area contributed by atoms with E-state index in [9.17, 15) is 16.8 Å². The van der Waals surface area contributed by atoms with Crippen LogP contribution in [0.5, 0.6) is 0 Å². The SMILES string of the molecule is O=S(=O)(NC[C@@H](c1ccccc1)S(=O)(=O)c1cccs1)c1ccc2c(c1)CCCC2. The maximum atomic E-state index is 13.2. The summed E-state index contributed by atoms with van der Waals surface area (Å²) in [5.74, 6) is 0. The highest BCUT2D eigenvalue weighted by atomic mass is 32.2. The van der Waals surface area contributed by atoms with E-state index in [1.54, 1.807) is 60.0 Å². The normalized spacial score (nSPS) is 15.5. The van der Waals surface area contributed by atoms with Crippen LogP contribution in [-0.2, 0) is 32.7 Å². The zero-order valence-corrected chi connectivity index (χ0v) is 18.8. The molecule has 0 saturated carbocycles. The Morgan fingerprint density at radius 3 is 2.30 bits per heavy atom. The number of rotatable bonds is 7. The predicted octanol–water partition coefficient (Wildman–Crippen LogP) is 4.12. The average Bonchev–Trinajstić information content (AvgIpc) is 3.30. The van der Waals surface area contributed by atoms with Crippen molar-refractivity contribution in [1.82, 2.24) is 4.72 Å². The molecule has 30 heavy (non-hydrogen) atoms. The number of sulfone groups is 1. The number of hydrogen-bond donors (Lipinski definition) is 1. The van der Waals surface area contributed by atoms with E-state index in [0.29, 0.717) is 5.56 Å². The molecule has 2 aromatic carbocycles. The van der Waals surface area contributed by atoms with E-state index >= 15 is 0 Å². The summed E-state index contributed by atoms with van der Waals surface area (Å²) in [4.78, 5) is 0.184. The van der Waals surface area contributed by atoms with Crippen LogP contribution in [-0.4, -0.2) is 23.4 Å². The first-order valence-electron chi connectivity index (χ1n) is 9.82. The number of benzene rings is 2. The topological polar surface area (TPSA) is 80.3 Å². The lowest BCUT2D eigenvalue weighted by molar-refractivity contribution is 0.569. The summed E-state index contributed by atoms with van der Waals surface area (Å²) < 4.78 is 55.1. The lowest BCUT2D eigenvalue weighted by Gasteiger charge is -2.19. The fourth-order valence-corrected chi connectivity index (χ4v) is 7.86. The lowest BCUT2D eigenvalue weighted by atomic mass is 9.92. The van der Waals surface area contributed by atoms with Crippen molar-refractivity contribution in [3.05, 3.63) is 82.7 Å². The Balaban J connectivity index is 1.62. The quantitative estimate of drug-likeness (QED) is 0.574. The Morgan fingerprint density at radius 1 is 0.867 bits per heavy atom. The van der Waals surface area contributed by atoms with E-state index in [0.717, 1.165) is 42.6 Å². The first-order valence-corrected chi connectivity index (χ1v) is 13.7. The van der Waals surface area contributed by atoms with E-state index in [1.807, 2.05) is 6.07 Å². The van der Waals surface area contributed by atoms with Crippen molar-refractivity contribution in [1.29, 1.82) is 0 Å². The number of nitrogens with one attached hydrogen (secondary N) is 1. The van der Waals surface area contributed by atoms with Gasteiger partial charge in [0.1, 0.15) is 9.46 Å². The molecule has 1 aromatic heterocycles. The molecule has 1 heterocycles. The third-order valence-corrected chi connectivity index (χ3v) is 10.4. The smallest absolute Gasteiger partial charge is 0.222 e. The molecule has 0 bridgehead atoms. The first-order chi connectivity index (χ1) is 14.4. The van der Waals surface area contributed by atoms with Gasteiger partial charge in [0, 0.05) is 6.54 Å². The van der Waals surface area contributed by atoms with Gasteiger partial charge in [0.15, 0.2) is 9.84 Å². The Morgan fingerprint density at radius 2 is 1.60 bits per heavy atom. The fraction of sp³-hybridized carbons (Fsp3) is 0.273. The Labute approximate surface area is 181 Å². The van der Waals surface area contributed by atoms with Crippen LogP contribution in [0.1, 0.15) is 34.8 Å². The molecule has 1 N–H and O–H groups in total. The number of hydrogen-bond acceptors (Lipinski definition) is 5. The van der Waals surface area contributed by atoms with Crippen molar-refractivity contribution < 1.29 is 16.8 Å². The van der Waals surface area contributed by atoms with Crippen molar-refractivity contribution in [3.8, 4) is 0 Å². The minimum atomic E-state index is -3.84. The molecule has 0 radical (unpaired) electrons. The van der Waals surface area contributed by atoms with Crippen molar-refractivity contribution in [3.63, 3.8) is 0 Å². The highest BCUT2D eigenvalue weighted by molar-refractivity contribution is 7.93. The highest BCUT2D eigenvalue weighted by Crippen LogP contribution is 2.31. The van der Waals surface area contributed by atoms with E-state index in [4.69, 9.17) is 0 Å². The van der Waals surface area contributed by atoms with E-state index in [1.165, 1.54) is 5.56 Å². The number of thiophene rings is 1. The molecular formula is C22H23NO4S3. The molecule has 158 valence electrons. The zero-order valence-electron chi connectivity index (χ0n) is 16.3. The fourth-order valence-electron chi connectivity index (χ4n) is 3.79. The van der Waals surface area contributed by atoms with Crippen LogP contribution >= 0.6 is 11.3 Å². The molecule has 0 fully saturated rings. The molecule has 0 unspecified atom stereocenters. The molecule has 1 aliphatic carbocycles. The van der Waals surface area contributed by atoms with Gasteiger partial charge in [0.05, 0.1) is 4.90 Å². The van der Waals surface area contributed by atoms with E-state index < -0.39 is 25.1 Å². The van der Waals surface area contributed by atoms with Crippen LogP contribution < -0.4 is 4.72 Å². The van der Waals surface area contributed by atoms with Crippen molar-refractivity contribution >= 4 is 31.2 Å². The summed E-state index contributed by atoms with van der Waals surface area (Å²) in [5.41, 5.74) is 2.82. The largest absolute Gasteiger partial charge is 0.240 e. The maximum Gasteiger partial charge on any atom is 0.240 e. The standard InChI is InChI=1S/C22H23NO4S3/c24-29(25,22-11-6-14-28-22)21(18-8-2-1-3-9-18)16-23-30(26,27)20-13-12-17-7-4-5-10-19(17)15-20/h1-3,6,8-9,11-15,21,23H,4-5,7,10,16H2/t21-/m0/s1. The molecule has 4 rings (SSSR count). The average molecular weight is 462 g/mol. The third-order valence-electron chi connectivity index (χ3n) is 5.41. The van der Waals surface area contributed by atoms with E-state index in [-0.39, 0.29) is 15.6 Å². The number of aryl methyl sites for hydroxylation is 2. The number of sulfonamides is 1. The molecule has 3 aromatic rings. The van der Waals surface area contributed by atoms with Gasteiger partial charge in [-0.05, 0) is 66.0 Å². The van der Waals surface area contributed by atoms with Gasteiger partial charge in [-0.15, -0.1) is 11.3 Å². The minimum Gasteiger partial charge on any atom is -0.222 e. The molecule has 0 aliphatic heterocycles. The molecule has 5 nitrogen and oxygen atoms in total. The lowest BCUT2D eigenvalue weighted by Crippen LogP contribution is -2.32. The Hall–Kier alpha value is -2.00. The van der Waals surface area contributed by atoms with Gasteiger partial charge >= 0.3 is 0 Å². The molecule has 0 spiro atoms. The van der Waals surface area contributed by atoms with E-state index in [2.05, 4.69) is 4.72 Å². The molecule has 0 saturated heterocycles.